The maximum atomic E-state index is 4.40. The number of hydrogen-bond donors (Lipinski definition) is 1. The molecule has 0 aliphatic rings. The Morgan fingerprint density at radius 1 is 1.40 bits per heavy atom. The second kappa shape index (κ2) is 4.51. The third kappa shape index (κ3) is 2.22. The molecule has 0 aliphatic carbocycles. The lowest BCUT2D eigenvalue weighted by Crippen LogP contribution is -2.02. The highest BCUT2D eigenvalue weighted by Crippen LogP contribution is 2.26. The van der Waals surface area contributed by atoms with Crippen molar-refractivity contribution in [2.45, 2.75) is 13.5 Å². The smallest absolute Gasteiger partial charge is 0.125 e. The topological polar surface area (TPSA) is 37.8 Å². The molecule has 0 spiro atoms. The van der Waals surface area contributed by atoms with E-state index in [0.717, 1.165) is 17.1 Å². The summed E-state index contributed by atoms with van der Waals surface area (Å²) in [7, 11) is 1.94. The van der Waals surface area contributed by atoms with Crippen LogP contribution in [0.3, 0.4) is 0 Å². The van der Waals surface area contributed by atoms with E-state index in [1.165, 1.54) is 10.4 Å². The normalized spacial score (nSPS) is 10.5. The van der Waals surface area contributed by atoms with Crippen LogP contribution < -0.4 is 5.32 Å². The Kier molecular flexibility index (Phi) is 3.08. The fourth-order valence-electron chi connectivity index (χ4n) is 1.38. The maximum Gasteiger partial charge on any atom is 0.125 e. The van der Waals surface area contributed by atoms with E-state index in [0.29, 0.717) is 0 Å². The predicted molar refractivity (Wildman–Crippen MR) is 62.8 cm³/mol. The minimum atomic E-state index is 0.872. The van der Waals surface area contributed by atoms with E-state index in [1.54, 1.807) is 17.5 Å². The molecule has 0 saturated heterocycles. The van der Waals surface area contributed by atoms with Crippen molar-refractivity contribution in [2.24, 2.45) is 0 Å². The molecule has 1 N–H and O–H groups in total. The van der Waals surface area contributed by atoms with Crippen LogP contribution in [0.5, 0.6) is 0 Å². The third-order valence-electron chi connectivity index (χ3n) is 2.17. The number of nitrogens with one attached hydrogen (secondary N) is 1. The Morgan fingerprint density at radius 2 is 2.27 bits per heavy atom. The molecule has 2 aromatic rings. The lowest BCUT2D eigenvalue weighted by Gasteiger charge is -1.99. The molecule has 0 fully saturated rings. The molecule has 0 amide bonds. The largest absolute Gasteiger partial charge is 0.315 e. The zero-order valence-corrected chi connectivity index (χ0v) is 9.64. The number of rotatable bonds is 3. The number of aromatic nitrogens is 2. The lowest BCUT2D eigenvalue weighted by atomic mass is 10.2. The number of nitrogens with zero attached hydrogens (tertiary/aromatic N) is 2. The van der Waals surface area contributed by atoms with Gasteiger partial charge in [-0.2, -0.15) is 0 Å². The van der Waals surface area contributed by atoms with Gasteiger partial charge >= 0.3 is 0 Å². The van der Waals surface area contributed by atoms with Crippen LogP contribution in [-0.4, -0.2) is 17.0 Å². The molecule has 4 heteroatoms. The molecule has 3 nitrogen and oxygen atoms in total. The molecule has 2 heterocycles. The minimum absolute atomic E-state index is 0.872. The van der Waals surface area contributed by atoms with Crippen molar-refractivity contribution in [1.29, 1.82) is 0 Å². The van der Waals surface area contributed by atoms with E-state index in [1.807, 2.05) is 25.5 Å². The van der Waals surface area contributed by atoms with Crippen molar-refractivity contribution in [1.82, 2.24) is 15.3 Å². The summed E-state index contributed by atoms with van der Waals surface area (Å²) < 4.78 is 0. The van der Waals surface area contributed by atoms with Gasteiger partial charge in [-0.3, -0.25) is 4.98 Å². The van der Waals surface area contributed by atoms with Crippen LogP contribution in [0.2, 0.25) is 0 Å². The second-order valence-electron chi connectivity index (χ2n) is 3.35. The van der Waals surface area contributed by atoms with Crippen molar-refractivity contribution in [2.75, 3.05) is 7.05 Å². The molecule has 0 aromatic carbocycles. The summed E-state index contributed by atoms with van der Waals surface area (Å²) >= 11 is 1.71. The van der Waals surface area contributed by atoms with Crippen LogP contribution >= 0.6 is 11.3 Å². The summed E-state index contributed by atoms with van der Waals surface area (Å²) in [5.74, 6) is 0. The highest BCUT2D eigenvalue weighted by molar-refractivity contribution is 7.15. The standard InChI is InChI=1S/C11H13N3S/c1-8-3-4-13-7-10(8)11-14-6-9(15-11)5-12-2/h3-4,6-7,12H,5H2,1-2H3. The van der Waals surface area contributed by atoms with E-state index in [4.69, 9.17) is 0 Å². The molecule has 0 saturated carbocycles. The average molecular weight is 219 g/mol. The first kappa shape index (κ1) is 10.3. The highest BCUT2D eigenvalue weighted by Gasteiger charge is 2.06. The number of thiazole rings is 1. The van der Waals surface area contributed by atoms with Crippen LogP contribution in [0, 0.1) is 6.92 Å². The SMILES string of the molecule is CNCc1cnc(-c2cnccc2C)s1. The van der Waals surface area contributed by atoms with E-state index in [-0.39, 0.29) is 0 Å². The van der Waals surface area contributed by atoms with Gasteiger partial charge in [-0.05, 0) is 25.6 Å². The molecule has 0 aliphatic heterocycles. The van der Waals surface area contributed by atoms with Gasteiger partial charge in [0.2, 0.25) is 0 Å². The molecule has 78 valence electrons. The van der Waals surface area contributed by atoms with Crippen LogP contribution in [0.25, 0.3) is 10.6 Å². The maximum absolute atomic E-state index is 4.40. The van der Waals surface area contributed by atoms with E-state index in [2.05, 4.69) is 22.2 Å². The number of aryl methyl sites for hydroxylation is 1. The first-order chi connectivity index (χ1) is 7.31. The van der Waals surface area contributed by atoms with Crippen molar-refractivity contribution < 1.29 is 0 Å². The summed E-state index contributed by atoms with van der Waals surface area (Å²) in [6.07, 6.45) is 5.60. The van der Waals surface area contributed by atoms with Gasteiger partial charge in [-0.1, -0.05) is 0 Å². The van der Waals surface area contributed by atoms with Gasteiger partial charge in [0.05, 0.1) is 0 Å². The minimum Gasteiger partial charge on any atom is -0.315 e. The summed E-state index contributed by atoms with van der Waals surface area (Å²) in [5.41, 5.74) is 2.35. The van der Waals surface area contributed by atoms with Gasteiger partial charge in [0.15, 0.2) is 0 Å². The van der Waals surface area contributed by atoms with E-state index in [9.17, 15) is 0 Å². The summed E-state index contributed by atoms with van der Waals surface area (Å²) in [4.78, 5) is 9.78. The van der Waals surface area contributed by atoms with Crippen LogP contribution in [-0.2, 0) is 6.54 Å². The van der Waals surface area contributed by atoms with Crippen LogP contribution in [0.15, 0.2) is 24.7 Å². The Hall–Kier alpha value is -1.26. The molecular weight excluding hydrogens is 206 g/mol. The van der Waals surface area contributed by atoms with E-state index < -0.39 is 0 Å². The van der Waals surface area contributed by atoms with Crippen molar-refractivity contribution in [3.8, 4) is 10.6 Å². The molecule has 15 heavy (non-hydrogen) atoms. The molecule has 0 radical (unpaired) electrons. The third-order valence-corrected chi connectivity index (χ3v) is 3.20. The first-order valence-electron chi connectivity index (χ1n) is 4.81. The number of pyridine rings is 1. The molecule has 0 unspecified atom stereocenters. The zero-order chi connectivity index (χ0) is 10.7. The second-order valence-corrected chi connectivity index (χ2v) is 4.47. The van der Waals surface area contributed by atoms with Gasteiger partial charge in [-0.15, -0.1) is 11.3 Å². The predicted octanol–water partition coefficient (Wildman–Crippen LogP) is 2.23. The molecule has 0 bridgehead atoms. The quantitative estimate of drug-likeness (QED) is 0.860. The molecular formula is C11H13N3S. The Labute approximate surface area is 93.2 Å². The van der Waals surface area contributed by atoms with E-state index >= 15 is 0 Å². The summed E-state index contributed by atoms with van der Waals surface area (Å²) in [6, 6.07) is 2.01. The van der Waals surface area contributed by atoms with Gasteiger partial charge < -0.3 is 5.32 Å². The van der Waals surface area contributed by atoms with Gasteiger partial charge in [0.25, 0.3) is 0 Å². The van der Waals surface area contributed by atoms with Crippen LogP contribution in [0.1, 0.15) is 10.4 Å². The van der Waals surface area contributed by atoms with Crippen molar-refractivity contribution in [3.05, 3.63) is 35.1 Å². The van der Waals surface area contributed by atoms with Crippen LogP contribution in [0.4, 0.5) is 0 Å². The molecule has 2 aromatic heterocycles. The fraction of sp³-hybridized carbons (Fsp3) is 0.273. The zero-order valence-electron chi connectivity index (χ0n) is 8.82. The lowest BCUT2D eigenvalue weighted by molar-refractivity contribution is 0.829. The van der Waals surface area contributed by atoms with Gasteiger partial charge in [-0.25, -0.2) is 4.98 Å². The highest BCUT2D eigenvalue weighted by atomic mass is 32.1. The Balaban J connectivity index is 2.33. The fourth-order valence-corrected chi connectivity index (χ4v) is 2.38. The van der Waals surface area contributed by atoms with Gasteiger partial charge in [0.1, 0.15) is 5.01 Å². The number of hydrogen-bond acceptors (Lipinski definition) is 4. The Morgan fingerprint density at radius 3 is 3.00 bits per heavy atom. The Bertz CT molecular complexity index is 451. The molecule has 0 atom stereocenters. The van der Waals surface area contributed by atoms with Crippen molar-refractivity contribution >= 4 is 11.3 Å². The van der Waals surface area contributed by atoms with Gasteiger partial charge in [0, 0.05) is 35.6 Å². The molecule has 2 rings (SSSR count). The van der Waals surface area contributed by atoms with Crippen molar-refractivity contribution in [3.63, 3.8) is 0 Å². The summed E-state index contributed by atoms with van der Waals surface area (Å²) in [5, 5.41) is 4.17. The summed E-state index contributed by atoms with van der Waals surface area (Å²) in [6.45, 7) is 2.95. The average Bonchev–Trinajstić information content (AvgIpc) is 2.68. The monoisotopic (exact) mass is 219 g/mol. The first-order valence-corrected chi connectivity index (χ1v) is 5.63.